The topological polar surface area (TPSA) is 64.1 Å². The molecule has 0 aromatic carbocycles. The molecule has 2 unspecified atom stereocenters. The molecule has 0 aliphatic heterocycles. The lowest BCUT2D eigenvalue weighted by Crippen LogP contribution is -2.16. The highest BCUT2D eigenvalue weighted by atomic mass is 32.2. The largest absolute Gasteiger partial charge is 0.475 e. The minimum absolute atomic E-state index is 0.0877. The predicted molar refractivity (Wildman–Crippen MR) is 79.2 cm³/mol. The number of anilines is 1. The van der Waals surface area contributed by atoms with Gasteiger partial charge in [-0.05, 0) is 27.2 Å². The Hall–Kier alpha value is -1.17. The van der Waals surface area contributed by atoms with Crippen molar-refractivity contribution in [2.24, 2.45) is 0 Å². The molecule has 0 amide bonds. The SMILES string of the molecule is Cc1cc(OC(C)C)nc(NCCC(C)S(C)=O)n1. The first kappa shape index (κ1) is 15.9. The van der Waals surface area contributed by atoms with Crippen molar-refractivity contribution in [2.45, 2.75) is 45.5 Å². The van der Waals surface area contributed by atoms with Crippen molar-refractivity contribution in [3.63, 3.8) is 0 Å². The Morgan fingerprint density at radius 3 is 2.63 bits per heavy atom. The van der Waals surface area contributed by atoms with Crippen LogP contribution >= 0.6 is 0 Å². The molecule has 0 aliphatic carbocycles. The quantitative estimate of drug-likeness (QED) is 0.831. The Labute approximate surface area is 117 Å². The Balaban J connectivity index is 2.58. The minimum Gasteiger partial charge on any atom is -0.475 e. The second kappa shape index (κ2) is 7.43. The number of nitrogens with zero attached hydrogens (tertiary/aromatic N) is 2. The van der Waals surface area contributed by atoms with Crippen LogP contribution in [0.25, 0.3) is 0 Å². The minimum atomic E-state index is -0.790. The molecule has 2 atom stereocenters. The monoisotopic (exact) mass is 285 g/mol. The first-order valence-corrected chi connectivity index (χ1v) is 8.09. The van der Waals surface area contributed by atoms with Crippen LogP contribution in [0, 0.1) is 6.92 Å². The fourth-order valence-corrected chi connectivity index (χ4v) is 1.92. The summed E-state index contributed by atoms with van der Waals surface area (Å²) in [5, 5.41) is 3.32. The van der Waals surface area contributed by atoms with Gasteiger partial charge in [-0.1, -0.05) is 6.92 Å². The molecule has 6 heteroatoms. The molecule has 19 heavy (non-hydrogen) atoms. The lowest BCUT2D eigenvalue weighted by molar-refractivity contribution is 0.232. The second-order valence-electron chi connectivity index (χ2n) is 4.86. The number of aromatic nitrogens is 2. The van der Waals surface area contributed by atoms with E-state index in [-0.39, 0.29) is 11.4 Å². The van der Waals surface area contributed by atoms with Crippen molar-refractivity contribution < 1.29 is 8.95 Å². The van der Waals surface area contributed by atoms with E-state index in [1.165, 1.54) is 0 Å². The van der Waals surface area contributed by atoms with E-state index in [1.807, 2.05) is 33.8 Å². The smallest absolute Gasteiger partial charge is 0.226 e. The summed E-state index contributed by atoms with van der Waals surface area (Å²) in [5.41, 5.74) is 0.861. The highest BCUT2D eigenvalue weighted by Gasteiger charge is 2.07. The molecule has 1 heterocycles. The van der Waals surface area contributed by atoms with Crippen molar-refractivity contribution in [3.8, 4) is 5.88 Å². The van der Waals surface area contributed by atoms with Crippen LogP contribution in [-0.4, -0.2) is 38.3 Å². The number of nitrogens with one attached hydrogen (secondary N) is 1. The lowest BCUT2D eigenvalue weighted by Gasteiger charge is -2.12. The van der Waals surface area contributed by atoms with Gasteiger partial charge in [-0.2, -0.15) is 4.98 Å². The molecule has 1 rings (SSSR count). The predicted octanol–water partition coefficient (Wildman–Crippen LogP) is 2.14. The van der Waals surface area contributed by atoms with E-state index in [2.05, 4.69) is 15.3 Å². The maximum atomic E-state index is 11.2. The van der Waals surface area contributed by atoms with Gasteiger partial charge in [0.25, 0.3) is 0 Å². The molecule has 0 saturated heterocycles. The van der Waals surface area contributed by atoms with Gasteiger partial charge >= 0.3 is 0 Å². The van der Waals surface area contributed by atoms with E-state index in [1.54, 1.807) is 6.26 Å². The van der Waals surface area contributed by atoms with Crippen LogP contribution < -0.4 is 10.1 Å². The average molecular weight is 285 g/mol. The van der Waals surface area contributed by atoms with Crippen LogP contribution in [0.5, 0.6) is 5.88 Å². The normalized spacial score (nSPS) is 14.2. The number of ether oxygens (including phenoxy) is 1. The van der Waals surface area contributed by atoms with Gasteiger partial charge in [0, 0.05) is 40.6 Å². The van der Waals surface area contributed by atoms with Crippen LogP contribution in [0.2, 0.25) is 0 Å². The van der Waals surface area contributed by atoms with Gasteiger partial charge in [0.15, 0.2) is 0 Å². The number of hydrogen-bond donors (Lipinski definition) is 1. The summed E-state index contributed by atoms with van der Waals surface area (Å²) in [6.45, 7) is 8.50. The molecular weight excluding hydrogens is 262 g/mol. The van der Waals surface area contributed by atoms with E-state index in [9.17, 15) is 4.21 Å². The van der Waals surface area contributed by atoms with Crippen molar-refractivity contribution in [1.82, 2.24) is 9.97 Å². The zero-order valence-electron chi connectivity index (χ0n) is 12.3. The van der Waals surface area contributed by atoms with Crippen LogP contribution in [0.1, 0.15) is 32.9 Å². The van der Waals surface area contributed by atoms with Crippen molar-refractivity contribution in [1.29, 1.82) is 0 Å². The maximum Gasteiger partial charge on any atom is 0.226 e. The zero-order valence-corrected chi connectivity index (χ0v) is 13.1. The number of hydrogen-bond acceptors (Lipinski definition) is 5. The zero-order chi connectivity index (χ0) is 14.4. The van der Waals surface area contributed by atoms with Gasteiger partial charge in [0.2, 0.25) is 11.8 Å². The molecule has 0 radical (unpaired) electrons. The van der Waals surface area contributed by atoms with Gasteiger partial charge in [0.05, 0.1) is 6.10 Å². The summed E-state index contributed by atoms with van der Waals surface area (Å²) < 4.78 is 16.8. The van der Waals surface area contributed by atoms with E-state index < -0.39 is 10.8 Å². The third-order valence-electron chi connectivity index (χ3n) is 2.59. The third kappa shape index (κ3) is 6.00. The molecule has 5 nitrogen and oxygen atoms in total. The third-order valence-corrected chi connectivity index (χ3v) is 3.96. The molecule has 108 valence electrons. The highest BCUT2D eigenvalue weighted by molar-refractivity contribution is 7.84. The van der Waals surface area contributed by atoms with Crippen LogP contribution in [0.4, 0.5) is 5.95 Å². The Morgan fingerprint density at radius 2 is 2.05 bits per heavy atom. The Kier molecular flexibility index (Phi) is 6.21. The lowest BCUT2D eigenvalue weighted by atomic mass is 10.3. The number of rotatable bonds is 7. The summed E-state index contributed by atoms with van der Waals surface area (Å²) in [6.07, 6.45) is 2.63. The first-order valence-electron chi connectivity index (χ1n) is 6.47. The average Bonchev–Trinajstić information content (AvgIpc) is 2.26. The van der Waals surface area contributed by atoms with E-state index in [0.717, 1.165) is 12.1 Å². The molecule has 1 aromatic rings. The fourth-order valence-electron chi connectivity index (χ4n) is 1.47. The molecule has 0 bridgehead atoms. The van der Waals surface area contributed by atoms with Gasteiger partial charge < -0.3 is 10.1 Å². The molecule has 0 spiro atoms. The Morgan fingerprint density at radius 1 is 1.37 bits per heavy atom. The summed E-state index contributed by atoms with van der Waals surface area (Å²) in [4.78, 5) is 8.60. The van der Waals surface area contributed by atoms with Crippen LogP contribution in [0.15, 0.2) is 6.07 Å². The van der Waals surface area contributed by atoms with Crippen molar-refractivity contribution in [3.05, 3.63) is 11.8 Å². The van der Waals surface area contributed by atoms with E-state index in [0.29, 0.717) is 18.4 Å². The maximum absolute atomic E-state index is 11.2. The fraction of sp³-hybridized carbons (Fsp3) is 0.692. The standard InChI is InChI=1S/C13H23N3O2S/c1-9(2)18-12-8-10(3)15-13(16-12)14-7-6-11(4)19(5)17/h8-9,11H,6-7H2,1-5H3,(H,14,15,16). The van der Waals surface area contributed by atoms with Gasteiger partial charge in [-0.3, -0.25) is 4.21 Å². The molecule has 0 aliphatic rings. The summed E-state index contributed by atoms with van der Waals surface area (Å²) in [7, 11) is -0.790. The first-order chi connectivity index (χ1) is 8.88. The molecule has 0 fully saturated rings. The summed E-state index contributed by atoms with van der Waals surface area (Å²) in [5.74, 6) is 1.14. The highest BCUT2D eigenvalue weighted by Crippen LogP contribution is 2.13. The van der Waals surface area contributed by atoms with Crippen LogP contribution in [0.3, 0.4) is 0 Å². The second-order valence-corrected chi connectivity index (χ2v) is 6.66. The van der Waals surface area contributed by atoms with Crippen molar-refractivity contribution in [2.75, 3.05) is 18.1 Å². The van der Waals surface area contributed by atoms with Gasteiger partial charge in [-0.15, -0.1) is 0 Å². The van der Waals surface area contributed by atoms with E-state index in [4.69, 9.17) is 4.74 Å². The van der Waals surface area contributed by atoms with Crippen molar-refractivity contribution >= 4 is 16.7 Å². The molecular formula is C13H23N3O2S. The summed E-state index contributed by atoms with van der Waals surface area (Å²) in [6, 6.07) is 1.81. The van der Waals surface area contributed by atoms with Gasteiger partial charge in [-0.25, -0.2) is 4.98 Å². The number of aryl methyl sites for hydroxylation is 1. The molecule has 1 N–H and O–H groups in total. The molecule has 1 aromatic heterocycles. The molecule has 0 saturated carbocycles. The van der Waals surface area contributed by atoms with Crippen LogP contribution in [-0.2, 0) is 10.8 Å². The van der Waals surface area contributed by atoms with Gasteiger partial charge in [0.1, 0.15) is 0 Å². The Bertz CT molecular complexity index is 438. The summed E-state index contributed by atoms with van der Waals surface area (Å²) >= 11 is 0. The van der Waals surface area contributed by atoms with E-state index >= 15 is 0 Å².